The minimum Gasteiger partial charge on any atom is -0.491 e. The van der Waals surface area contributed by atoms with Gasteiger partial charge < -0.3 is 15.2 Å². The highest BCUT2D eigenvalue weighted by atomic mass is 127. The molecule has 94 valence electrons. The average molecular weight is 349 g/mol. The smallest absolute Gasteiger partial charge is 0.219 e. The first-order valence-electron chi connectivity index (χ1n) is 5.45. The fraction of sp³-hybridized carbons (Fsp3) is 0.417. The lowest BCUT2D eigenvalue weighted by Crippen LogP contribution is -2.34. The lowest BCUT2D eigenvalue weighted by atomic mass is 10.3. The van der Waals surface area contributed by atoms with E-state index in [2.05, 4.69) is 27.9 Å². The lowest BCUT2D eigenvalue weighted by Gasteiger charge is -2.13. The molecule has 0 bridgehead atoms. The maximum Gasteiger partial charge on any atom is 0.219 e. The molecule has 1 rings (SSSR count). The van der Waals surface area contributed by atoms with E-state index in [1.807, 2.05) is 24.3 Å². The Labute approximate surface area is 115 Å². The second kappa shape index (κ2) is 7.50. The van der Waals surface area contributed by atoms with Gasteiger partial charge in [0.1, 0.15) is 18.5 Å². The Hall–Kier alpha value is -0.820. The van der Waals surface area contributed by atoms with Gasteiger partial charge in [-0.2, -0.15) is 0 Å². The highest BCUT2D eigenvalue weighted by molar-refractivity contribution is 14.1. The first-order valence-corrected chi connectivity index (χ1v) is 6.52. The van der Waals surface area contributed by atoms with Gasteiger partial charge in [0.05, 0.1) is 0 Å². The number of rotatable bonds is 6. The van der Waals surface area contributed by atoms with Crippen molar-refractivity contribution in [2.24, 2.45) is 0 Å². The third-order valence-corrected chi connectivity index (χ3v) is 2.83. The van der Waals surface area contributed by atoms with Crippen molar-refractivity contribution >= 4 is 28.5 Å². The van der Waals surface area contributed by atoms with Gasteiger partial charge >= 0.3 is 0 Å². The molecule has 0 radical (unpaired) electrons. The zero-order chi connectivity index (χ0) is 12.7. The Kier molecular flexibility index (Phi) is 6.28. The van der Waals surface area contributed by atoms with Gasteiger partial charge in [-0.15, -0.1) is 0 Å². The quantitative estimate of drug-likeness (QED) is 0.767. The van der Waals surface area contributed by atoms with E-state index in [0.29, 0.717) is 12.2 Å². The minimum atomic E-state index is -0.690. The van der Waals surface area contributed by atoms with Crippen molar-refractivity contribution in [3.05, 3.63) is 27.8 Å². The number of carbonyl (C=O) groups is 1. The molecule has 0 unspecified atom stereocenters. The molecule has 1 amide bonds. The number of aliphatic hydroxyl groups excluding tert-OH is 1. The molecule has 0 heterocycles. The average Bonchev–Trinajstić information content (AvgIpc) is 2.35. The summed E-state index contributed by atoms with van der Waals surface area (Å²) in [5.41, 5.74) is 0. The number of amides is 1. The normalized spacial score (nSPS) is 11.9. The molecule has 0 fully saturated rings. The Morgan fingerprint density at radius 3 is 2.71 bits per heavy atom. The van der Waals surface area contributed by atoms with E-state index >= 15 is 0 Å². The Balaban J connectivity index is 2.25. The summed E-state index contributed by atoms with van der Waals surface area (Å²) in [6.45, 7) is 2.16. The molecule has 17 heavy (non-hydrogen) atoms. The third-order valence-electron chi connectivity index (χ3n) is 2.11. The number of hydrogen-bond acceptors (Lipinski definition) is 3. The summed E-state index contributed by atoms with van der Waals surface area (Å²) < 4.78 is 6.51. The van der Waals surface area contributed by atoms with Gasteiger partial charge in [0.25, 0.3) is 0 Å². The van der Waals surface area contributed by atoms with Crippen LogP contribution in [-0.2, 0) is 4.79 Å². The van der Waals surface area contributed by atoms with E-state index in [1.165, 1.54) is 0 Å². The number of ether oxygens (including phenoxy) is 1. The summed E-state index contributed by atoms with van der Waals surface area (Å²) in [6, 6.07) is 7.56. The maximum absolute atomic E-state index is 11.0. The molecule has 2 N–H and O–H groups in total. The number of aliphatic hydroxyl groups is 1. The van der Waals surface area contributed by atoms with E-state index in [4.69, 9.17) is 4.74 Å². The number of nitrogens with one attached hydrogen (secondary N) is 1. The van der Waals surface area contributed by atoms with E-state index < -0.39 is 6.10 Å². The standard InChI is InChI=1S/C12H16INO3/c1-2-12(16)14-7-10(15)8-17-11-5-3-9(13)4-6-11/h3-6,10,15H,2,7-8H2,1H3,(H,14,16)/t10-/m1/s1. The van der Waals surface area contributed by atoms with Crippen LogP contribution < -0.4 is 10.1 Å². The zero-order valence-electron chi connectivity index (χ0n) is 9.65. The van der Waals surface area contributed by atoms with Gasteiger partial charge in [-0.25, -0.2) is 0 Å². The summed E-state index contributed by atoms with van der Waals surface area (Å²) in [5.74, 6) is 0.643. The first kappa shape index (κ1) is 14.2. The monoisotopic (exact) mass is 349 g/mol. The van der Waals surface area contributed by atoms with E-state index in [-0.39, 0.29) is 19.1 Å². The van der Waals surface area contributed by atoms with Crippen molar-refractivity contribution in [3.8, 4) is 5.75 Å². The van der Waals surface area contributed by atoms with Crippen molar-refractivity contribution in [2.75, 3.05) is 13.2 Å². The van der Waals surface area contributed by atoms with Crippen molar-refractivity contribution in [1.82, 2.24) is 5.32 Å². The summed E-state index contributed by atoms with van der Waals surface area (Å²) >= 11 is 2.21. The van der Waals surface area contributed by atoms with Crippen LogP contribution >= 0.6 is 22.6 Å². The minimum absolute atomic E-state index is 0.0710. The predicted octanol–water partition coefficient (Wildman–Crippen LogP) is 1.56. The Morgan fingerprint density at radius 2 is 2.12 bits per heavy atom. The number of hydrogen-bond donors (Lipinski definition) is 2. The molecular weight excluding hydrogens is 333 g/mol. The van der Waals surface area contributed by atoms with Crippen LogP contribution in [0.1, 0.15) is 13.3 Å². The van der Waals surface area contributed by atoms with Crippen molar-refractivity contribution in [1.29, 1.82) is 0 Å². The van der Waals surface area contributed by atoms with Crippen LogP contribution in [0.4, 0.5) is 0 Å². The molecule has 5 heteroatoms. The van der Waals surface area contributed by atoms with Crippen LogP contribution in [0.15, 0.2) is 24.3 Å². The molecule has 0 aliphatic carbocycles. The highest BCUT2D eigenvalue weighted by Gasteiger charge is 2.06. The fourth-order valence-corrected chi connectivity index (χ4v) is 1.50. The molecule has 1 aromatic carbocycles. The largest absolute Gasteiger partial charge is 0.491 e. The van der Waals surface area contributed by atoms with Crippen LogP contribution in [0.3, 0.4) is 0 Å². The number of halogens is 1. The van der Waals surface area contributed by atoms with Crippen LogP contribution in [0.25, 0.3) is 0 Å². The van der Waals surface area contributed by atoms with Crippen LogP contribution in [0.5, 0.6) is 5.75 Å². The molecule has 4 nitrogen and oxygen atoms in total. The number of carbonyl (C=O) groups excluding carboxylic acids is 1. The Bertz CT molecular complexity index is 353. The molecule has 0 saturated carbocycles. The molecule has 0 spiro atoms. The van der Waals surface area contributed by atoms with Crippen molar-refractivity contribution in [3.63, 3.8) is 0 Å². The topological polar surface area (TPSA) is 58.6 Å². The van der Waals surface area contributed by atoms with Crippen molar-refractivity contribution < 1.29 is 14.6 Å². The lowest BCUT2D eigenvalue weighted by molar-refractivity contribution is -0.121. The van der Waals surface area contributed by atoms with E-state index in [9.17, 15) is 9.90 Å². The summed E-state index contributed by atoms with van der Waals surface area (Å²) in [5, 5.41) is 12.2. The maximum atomic E-state index is 11.0. The van der Waals surface area contributed by atoms with Gasteiger partial charge in [0.2, 0.25) is 5.91 Å². The second-order valence-corrected chi connectivity index (χ2v) is 4.82. The Morgan fingerprint density at radius 1 is 1.47 bits per heavy atom. The molecule has 0 aromatic heterocycles. The van der Waals surface area contributed by atoms with E-state index in [1.54, 1.807) is 6.92 Å². The summed E-state index contributed by atoms with van der Waals surface area (Å²) in [7, 11) is 0. The summed E-state index contributed by atoms with van der Waals surface area (Å²) in [6.07, 6.45) is -0.269. The molecule has 0 saturated heterocycles. The van der Waals surface area contributed by atoms with Crippen molar-refractivity contribution in [2.45, 2.75) is 19.4 Å². The fourth-order valence-electron chi connectivity index (χ4n) is 1.14. The molecule has 1 atom stereocenters. The van der Waals surface area contributed by atoms with Crippen LogP contribution in [0.2, 0.25) is 0 Å². The molecule has 0 aliphatic rings. The van der Waals surface area contributed by atoms with Gasteiger partial charge in [0.15, 0.2) is 0 Å². The molecular formula is C12H16INO3. The predicted molar refractivity (Wildman–Crippen MR) is 74.0 cm³/mol. The number of benzene rings is 1. The van der Waals surface area contributed by atoms with Gasteiger partial charge in [-0.05, 0) is 46.9 Å². The molecule has 0 aliphatic heterocycles. The van der Waals surface area contributed by atoms with Gasteiger partial charge in [0, 0.05) is 16.5 Å². The first-order chi connectivity index (χ1) is 8.11. The van der Waals surface area contributed by atoms with Gasteiger partial charge in [-0.1, -0.05) is 6.92 Å². The zero-order valence-corrected chi connectivity index (χ0v) is 11.8. The second-order valence-electron chi connectivity index (χ2n) is 3.58. The van der Waals surface area contributed by atoms with Crippen LogP contribution in [0, 0.1) is 3.57 Å². The third kappa shape index (κ3) is 5.88. The van der Waals surface area contributed by atoms with Gasteiger partial charge in [-0.3, -0.25) is 4.79 Å². The highest BCUT2D eigenvalue weighted by Crippen LogP contribution is 2.13. The van der Waals surface area contributed by atoms with E-state index in [0.717, 1.165) is 3.57 Å². The van der Waals surface area contributed by atoms with Crippen LogP contribution in [-0.4, -0.2) is 30.3 Å². The summed E-state index contributed by atoms with van der Waals surface area (Å²) in [4.78, 5) is 11.0. The SMILES string of the molecule is CCC(=O)NC[C@@H](O)COc1ccc(I)cc1. The molecule has 1 aromatic rings.